The van der Waals surface area contributed by atoms with E-state index in [2.05, 4.69) is 5.32 Å². The Balaban J connectivity index is 1.91. The first-order valence-corrected chi connectivity index (χ1v) is 7.55. The van der Waals surface area contributed by atoms with E-state index in [9.17, 15) is 14.7 Å². The predicted octanol–water partition coefficient (Wildman–Crippen LogP) is 1.33. The van der Waals surface area contributed by atoms with Crippen molar-refractivity contribution in [3.63, 3.8) is 0 Å². The van der Waals surface area contributed by atoms with Crippen molar-refractivity contribution < 1.29 is 19.8 Å². The van der Waals surface area contributed by atoms with E-state index in [1.165, 1.54) is 0 Å². The second-order valence-corrected chi connectivity index (χ2v) is 5.85. The molecule has 0 radical (unpaired) electrons. The Morgan fingerprint density at radius 1 is 1.10 bits per heavy atom. The molecule has 1 saturated heterocycles. The largest absolute Gasteiger partial charge is 0.481 e. The van der Waals surface area contributed by atoms with Crippen molar-refractivity contribution >= 4 is 12.0 Å². The van der Waals surface area contributed by atoms with Gasteiger partial charge < -0.3 is 20.4 Å². The Labute approximate surface area is 119 Å². The maximum Gasteiger partial charge on any atom is 0.317 e. The Morgan fingerprint density at radius 3 is 2.60 bits per heavy atom. The highest BCUT2D eigenvalue weighted by atomic mass is 16.4. The molecule has 3 atom stereocenters. The zero-order valence-electron chi connectivity index (χ0n) is 11.8. The lowest BCUT2D eigenvalue weighted by Crippen LogP contribution is -2.50. The van der Waals surface area contributed by atoms with Crippen LogP contribution >= 0.6 is 0 Å². The summed E-state index contributed by atoms with van der Waals surface area (Å²) in [6, 6.07) is -0.633. The van der Waals surface area contributed by atoms with E-state index in [1.807, 2.05) is 0 Å². The molecule has 20 heavy (non-hydrogen) atoms. The topological polar surface area (TPSA) is 89.9 Å². The number of aliphatic hydroxyl groups is 1. The van der Waals surface area contributed by atoms with Crippen LogP contribution in [-0.4, -0.2) is 51.8 Å². The summed E-state index contributed by atoms with van der Waals surface area (Å²) in [7, 11) is 0. The summed E-state index contributed by atoms with van der Waals surface area (Å²) in [6.45, 7) is 0.604. The van der Waals surface area contributed by atoms with Crippen LogP contribution in [0.2, 0.25) is 0 Å². The van der Waals surface area contributed by atoms with Crippen LogP contribution in [-0.2, 0) is 4.79 Å². The van der Waals surface area contributed by atoms with Gasteiger partial charge in [0.15, 0.2) is 0 Å². The fraction of sp³-hybridized carbons (Fsp3) is 0.857. The molecule has 6 nitrogen and oxygen atoms in total. The molecule has 1 saturated carbocycles. The molecule has 6 heteroatoms. The van der Waals surface area contributed by atoms with Gasteiger partial charge in [0.1, 0.15) is 0 Å². The third-order valence-electron chi connectivity index (χ3n) is 4.34. The lowest BCUT2D eigenvalue weighted by Gasteiger charge is -2.28. The van der Waals surface area contributed by atoms with Gasteiger partial charge in [-0.3, -0.25) is 4.79 Å². The van der Waals surface area contributed by atoms with Gasteiger partial charge in [-0.2, -0.15) is 0 Å². The van der Waals surface area contributed by atoms with Crippen molar-refractivity contribution in [2.24, 2.45) is 0 Å². The van der Waals surface area contributed by atoms with E-state index in [0.717, 1.165) is 44.9 Å². The first kappa shape index (κ1) is 15.1. The maximum atomic E-state index is 12.3. The van der Waals surface area contributed by atoms with Gasteiger partial charge >= 0.3 is 12.0 Å². The van der Waals surface area contributed by atoms with E-state index in [-0.39, 0.29) is 24.5 Å². The molecule has 1 heterocycles. The minimum atomic E-state index is -0.871. The average molecular weight is 284 g/mol. The van der Waals surface area contributed by atoms with Crippen LogP contribution < -0.4 is 5.32 Å². The number of likely N-dealkylation sites (tertiary alicyclic amines) is 1. The molecule has 0 bridgehead atoms. The summed E-state index contributed by atoms with van der Waals surface area (Å²) in [4.78, 5) is 24.7. The van der Waals surface area contributed by atoms with Crippen LogP contribution in [0.1, 0.15) is 51.4 Å². The monoisotopic (exact) mass is 284 g/mol. The Morgan fingerprint density at radius 2 is 1.85 bits per heavy atom. The molecule has 3 N–H and O–H groups in total. The number of carboxylic acids is 1. The quantitative estimate of drug-likeness (QED) is 0.682. The summed E-state index contributed by atoms with van der Waals surface area (Å²) >= 11 is 0. The summed E-state index contributed by atoms with van der Waals surface area (Å²) in [5.41, 5.74) is 0. The molecule has 1 aliphatic carbocycles. The first-order chi connectivity index (χ1) is 9.58. The minimum absolute atomic E-state index is 0.000635. The normalized spacial score (nSPS) is 30.9. The van der Waals surface area contributed by atoms with Gasteiger partial charge in [0.05, 0.1) is 18.6 Å². The number of carboxylic acid groups (broad SMARTS) is 1. The summed E-state index contributed by atoms with van der Waals surface area (Å²) in [5, 5.41) is 21.8. The van der Waals surface area contributed by atoms with Crippen molar-refractivity contribution in [1.82, 2.24) is 10.2 Å². The second-order valence-electron chi connectivity index (χ2n) is 5.85. The van der Waals surface area contributed by atoms with Crippen molar-refractivity contribution in [3.05, 3.63) is 0 Å². The van der Waals surface area contributed by atoms with Crippen molar-refractivity contribution in [1.29, 1.82) is 0 Å². The highest BCUT2D eigenvalue weighted by molar-refractivity contribution is 5.76. The second kappa shape index (κ2) is 6.92. The summed E-state index contributed by atoms with van der Waals surface area (Å²) in [6.07, 6.45) is 5.73. The lowest BCUT2D eigenvalue weighted by atomic mass is 10.1. The Bertz CT molecular complexity index is 361. The molecular formula is C14H24N2O4. The Kier molecular flexibility index (Phi) is 5.23. The van der Waals surface area contributed by atoms with Gasteiger partial charge in [0.2, 0.25) is 0 Å². The molecule has 0 aromatic heterocycles. The molecule has 2 aliphatic rings. The molecule has 114 valence electrons. The maximum absolute atomic E-state index is 12.3. The predicted molar refractivity (Wildman–Crippen MR) is 73.4 cm³/mol. The number of aliphatic carboxylic acids is 1. The number of hydrogen-bond donors (Lipinski definition) is 3. The van der Waals surface area contributed by atoms with Crippen LogP contribution in [0.25, 0.3) is 0 Å². The molecule has 3 unspecified atom stereocenters. The van der Waals surface area contributed by atoms with Crippen LogP contribution in [0.4, 0.5) is 4.79 Å². The zero-order valence-corrected chi connectivity index (χ0v) is 11.8. The molecule has 2 rings (SSSR count). The van der Waals surface area contributed by atoms with Crippen molar-refractivity contribution in [2.45, 2.75) is 69.6 Å². The number of hydrogen-bond acceptors (Lipinski definition) is 3. The minimum Gasteiger partial charge on any atom is -0.481 e. The molecular weight excluding hydrogens is 260 g/mol. The smallest absolute Gasteiger partial charge is 0.317 e. The number of urea groups is 1. The third-order valence-corrected chi connectivity index (χ3v) is 4.34. The number of nitrogens with zero attached hydrogens (tertiary/aromatic N) is 1. The van der Waals surface area contributed by atoms with Gasteiger partial charge in [-0.05, 0) is 25.7 Å². The van der Waals surface area contributed by atoms with Crippen molar-refractivity contribution in [2.75, 3.05) is 6.54 Å². The molecule has 2 amide bonds. The van der Waals surface area contributed by atoms with E-state index >= 15 is 0 Å². The molecule has 0 spiro atoms. The van der Waals surface area contributed by atoms with Gasteiger partial charge in [-0.25, -0.2) is 4.79 Å². The fourth-order valence-electron chi connectivity index (χ4n) is 3.21. The van der Waals surface area contributed by atoms with Gasteiger partial charge in [0.25, 0.3) is 0 Å². The molecule has 0 aromatic rings. The molecule has 2 fully saturated rings. The number of amides is 2. The van der Waals surface area contributed by atoms with Gasteiger partial charge in [-0.1, -0.05) is 19.3 Å². The van der Waals surface area contributed by atoms with E-state index in [4.69, 9.17) is 5.11 Å². The van der Waals surface area contributed by atoms with Crippen molar-refractivity contribution in [3.8, 4) is 0 Å². The summed E-state index contributed by atoms with van der Waals surface area (Å²) < 4.78 is 0. The van der Waals surface area contributed by atoms with E-state index in [0.29, 0.717) is 6.54 Å². The Hall–Kier alpha value is -1.30. The summed E-state index contributed by atoms with van der Waals surface area (Å²) in [5.74, 6) is -0.871. The highest BCUT2D eigenvalue weighted by Gasteiger charge is 2.32. The van der Waals surface area contributed by atoms with Crippen LogP contribution in [0.3, 0.4) is 0 Å². The number of nitrogens with one attached hydrogen (secondary N) is 1. The fourth-order valence-corrected chi connectivity index (χ4v) is 3.21. The lowest BCUT2D eigenvalue weighted by molar-refractivity contribution is -0.137. The van der Waals surface area contributed by atoms with E-state index < -0.39 is 12.1 Å². The SMILES string of the molecule is O=C(O)CC1CCCN1C(=O)NC1CCCCCC1O. The zero-order chi connectivity index (χ0) is 14.5. The molecule has 1 aliphatic heterocycles. The van der Waals surface area contributed by atoms with Gasteiger partial charge in [0, 0.05) is 12.6 Å². The number of carbonyl (C=O) groups excluding carboxylic acids is 1. The van der Waals surface area contributed by atoms with E-state index in [1.54, 1.807) is 4.90 Å². The number of aliphatic hydroxyl groups excluding tert-OH is 1. The number of carbonyl (C=O) groups is 2. The van der Waals surface area contributed by atoms with Crippen LogP contribution in [0.15, 0.2) is 0 Å². The van der Waals surface area contributed by atoms with Gasteiger partial charge in [-0.15, -0.1) is 0 Å². The number of rotatable bonds is 3. The average Bonchev–Trinajstić information content (AvgIpc) is 2.74. The molecule has 0 aromatic carbocycles. The first-order valence-electron chi connectivity index (χ1n) is 7.55. The highest BCUT2D eigenvalue weighted by Crippen LogP contribution is 2.22. The third kappa shape index (κ3) is 3.85. The van der Waals surface area contributed by atoms with Crippen LogP contribution in [0, 0.1) is 0 Å². The standard InChI is InChI=1S/C14H24N2O4/c17-12-7-3-1-2-6-11(12)15-14(20)16-8-4-5-10(16)9-13(18)19/h10-12,17H,1-9H2,(H,15,20)(H,18,19). The van der Waals surface area contributed by atoms with Crippen LogP contribution in [0.5, 0.6) is 0 Å².